The van der Waals surface area contributed by atoms with Crippen LogP contribution in [0, 0.1) is 0 Å². The number of hydrogen-bond donors (Lipinski definition) is 1. The number of nitrogens with one attached hydrogen (secondary N) is 1. The van der Waals surface area contributed by atoms with E-state index in [1.807, 2.05) is 109 Å². The molecule has 0 saturated carbocycles. The second kappa shape index (κ2) is 31.0. The fourth-order valence-corrected chi connectivity index (χ4v) is 16.2. The third-order valence-electron chi connectivity index (χ3n) is 22.2. The average Bonchev–Trinajstić information content (AvgIpc) is 1.67. The third-order valence-corrected chi connectivity index (χ3v) is 23.3. The number of aromatic nitrogens is 8. The summed E-state index contributed by atoms with van der Waals surface area (Å²) in [5.41, 5.74) is 21.6. The summed E-state index contributed by atoms with van der Waals surface area (Å²) >= 11 is 7.00. The molecule has 562 valence electrons. The molecule has 0 unspecified atom stereocenters. The van der Waals surface area contributed by atoms with Gasteiger partial charge < -0.3 is 14.6 Å². The lowest BCUT2D eigenvalue weighted by molar-refractivity contribution is 0.00578. The molecule has 0 spiro atoms. The van der Waals surface area contributed by atoms with Crippen LogP contribution in [0.4, 0.5) is 5.69 Å². The lowest BCUT2D eigenvalue weighted by atomic mass is 9.78. The number of para-hydroxylation sites is 6. The number of imidazole rings is 3. The van der Waals surface area contributed by atoms with Crippen LogP contribution in [0.1, 0.15) is 38.1 Å². The number of carbonyl (C=O) groups excluding carboxylic acids is 1. The van der Waals surface area contributed by atoms with Crippen molar-refractivity contribution in [2.75, 3.05) is 5.32 Å². The van der Waals surface area contributed by atoms with E-state index in [9.17, 15) is 4.79 Å². The van der Waals surface area contributed by atoms with E-state index in [0.29, 0.717) is 5.56 Å². The van der Waals surface area contributed by atoms with Crippen LogP contribution in [-0.2, 0) is 9.31 Å². The Hall–Kier alpha value is -13.5. The standard InChI is InChI=1S/C38H32BN3O2.C32H22BrN3O.C32H20BrN3/c1-37(2)38(3,4)44-39(43-37)27-21-19-25(20-22-27)34-33-30(29-17-11-12-18-31(29)40-34)23-24-32-35(33)41-36(26-13-7-5-8-14-26)42(32)28-15-9-6-10-16-28;33-25-18-15-23(16-19-25)32(37)35-28-14-8-7-13-27(28)24-17-20-30-29(21-24)34-31(22-9-3-1-4-10-22)36(30)26-11-5-2-6-12-26;33-23-17-15-21(16-18-23)30-29-26(25-13-7-8-14-27(25)34-30)19-20-28-31(29)35-32(22-9-3-1-4-10-22)36(28)24-11-5-2-6-12-24/h5-24H,1-4H3;1-21H,(H,35,37);1-20H. The summed E-state index contributed by atoms with van der Waals surface area (Å²) in [6.07, 6.45) is 0. The number of rotatable bonds is 12. The highest BCUT2D eigenvalue weighted by Gasteiger charge is 2.51. The molecule has 21 rings (SSSR count). The van der Waals surface area contributed by atoms with Crippen molar-refractivity contribution in [3.63, 3.8) is 0 Å². The van der Waals surface area contributed by atoms with Crippen molar-refractivity contribution in [1.82, 2.24) is 38.6 Å². The number of benzene rings is 15. The van der Waals surface area contributed by atoms with Crippen molar-refractivity contribution in [2.24, 2.45) is 0 Å². The average molecular weight is 1640 g/mol. The Morgan fingerprint density at radius 2 is 0.701 bits per heavy atom. The van der Waals surface area contributed by atoms with Crippen LogP contribution in [0.5, 0.6) is 0 Å². The molecule has 0 atom stereocenters. The first-order valence-electron chi connectivity index (χ1n) is 39.0. The smallest absolute Gasteiger partial charge is 0.399 e. The maximum atomic E-state index is 12.9. The van der Waals surface area contributed by atoms with E-state index in [1.165, 1.54) is 0 Å². The van der Waals surface area contributed by atoms with Crippen LogP contribution in [0.25, 0.3) is 161 Å². The molecule has 0 radical (unpaired) electrons. The summed E-state index contributed by atoms with van der Waals surface area (Å²) in [6, 6.07) is 126. The highest BCUT2D eigenvalue weighted by atomic mass is 79.9. The highest BCUT2D eigenvalue weighted by molar-refractivity contribution is 9.10. The van der Waals surface area contributed by atoms with Gasteiger partial charge in [0.15, 0.2) is 0 Å². The Morgan fingerprint density at radius 3 is 1.16 bits per heavy atom. The Kier molecular flexibility index (Phi) is 19.5. The van der Waals surface area contributed by atoms with Gasteiger partial charge in [-0.05, 0) is 165 Å². The molecule has 1 amide bonds. The molecular formula is C102H74BBr2N9O3. The number of carbonyl (C=O) groups is 1. The first-order chi connectivity index (χ1) is 57.3. The molecule has 1 N–H and O–H groups in total. The Balaban J connectivity index is 0.000000118. The van der Waals surface area contributed by atoms with Gasteiger partial charge in [-0.3, -0.25) is 18.5 Å². The summed E-state index contributed by atoms with van der Waals surface area (Å²) in [5, 5.41) is 9.71. The Morgan fingerprint density at radius 1 is 0.333 bits per heavy atom. The predicted molar refractivity (Wildman–Crippen MR) is 487 cm³/mol. The van der Waals surface area contributed by atoms with Gasteiger partial charge in [-0.1, -0.05) is 287 Å². The molecule has 1 fully saturated rings. The number of fused-ring (bicyclic) bond motifs is 11. The van der Waals surface area contributed by atoms with Crippen molar-refractivity contribution in [2.45, 2.75) is 38.9 Å². The molecule has 6 heterocycles. The van der Waals surface area contributed by atoms with Gasteiger partial charge in [0.1, 0.15) is 17.5 Å². The summed E-state index contributed by atoms with van der Waals surface area (Å²) < 4.78 is 21.3. The van der Waals surface area contributed by atoms with E-state index in [0.717, 1.165) is 181 Å². The van der Waals surface area contributed by atoms with E-state index in [2.05, 4.69) is 327 Å². The fraction of sp³-hybridized carbons (Fsp3) is 0.0588. The number of nitrogens with zero attached hydrogens (tertiary/aromatic N) is 8. The zero-order valence-corrected chi connectivity index (χ0v) is 67.5. The van der Waals surface area contributed by atoms with Gasteiger partial charge in [0.05, 0.1) is 66.7 Å². The predicted octanol–water partition coefficient (Wildman–Crippen LogP) is 25.6. The molecule has 0 aliphatic carbocycles. The van der Waals surface area contributed by atoms with Gasteiger partial charge in [-0.2, -0.15) is 0 Å². The van der Waals surface area contributed by atoms with Crippen molar-refractivity contribution >= 4 is 132 Å². The summed E-state index contributed by atoms with van der Waals surface area (Å²) in [5.74, 6) is 2.55. The second-order valence-electron chi connectivity index (χ2n) is 30.0. The van der Waals surface area contributed by atoms with Crippen LogP contribution in [-0.4, -0.2) is 62.8 Å². The summed E-state index contributed by atoms with van der Waals surface area (Å²) in [4.78, 5) is 39.1. The van der Waals surface area contributed by atoms with Crippen molar-refractivity contribution in [3.05, 3.63) is 385 Å². The fourth-order valence-electron chi connectivity index (χ4n) is 15.7. The summed E-state index contributed by atoms with van der Waals surface area (Å²) in [7, 11) is -0.419. The van der Waals surface area contributed by atoms with E-state index in [-0.39, 0.29) is 5.91 Å². The Bertz CT molecular complexity index is 7100. The zero-order chi connectivity index (χ0) is 79.3. The lowest BCUT2D eigenvalue weighted by Crippen LogP contribution is -2.41. The molecule has 15 aromatic carbocycles. The minimum atomic E-state index is -0.419. The minimum absolute atomic E-state index is 0.152. The third kappa shape index (κ3) is 14.0. The van der Waals surface area contributed by atoms with Gasteiger partial charge in [-0.25, -0.2) is 24.9 Å². The van der Waals surface area contributed by atoms with Crippen LogP contribution in [0.15, 0.2) is 379 Å². The van der Waals surface area contributed by atoms with Crippen LogP contribution in [0.3, 0.4) is 0 Å². The maximum Gasteiger partial charge on any atom is 0.494 e. The number of halogens is 2. The molecular weight excluding hydrogens is 1570 g/mol. The molecule has 1 aliphatic rings. The summed E-state index contributed by atoms with van der Waals surface area (Å²) in [6.45, 7) is 8.32. The van der Waals surface area contributed by atoms with Gasteiger partial charge in [0.2, 0.25) is 0 Å². The molecule has 0 bridgehead atoms. The number of amides is 1. The monoisotopic (exact) mass is 1640 g/mol. The second-order valence-corrected chi connectivity index (χ2v) is 31.8. The first kappa shape index (κ1) is 73.6. The van der Waals surface area contributed by atoms with Gasteiger partial charge >= 0.3 is 7.12 Å². The van der Waals surface area contributed by atoms with Crippen molar-refractivity contribution in [1.29, 1.82) is 0 Å². The zero-order valence-electron chi connectivity index (χ0n) is 64.4. The number of pyridine rings is 2. The molecule has 5 aromatic heterocycles. The lowest BCUT2D eigenvalue weighted by Gasteiger charge is -2.32. The number of anilines is 1. The maximum absolute atomic E-state index is 12.9. The SMILES string of the molecule is Brc1ccc(-c2nc3ccccc3c3ccc4c(nc(-c5ccccc5)n4-c4ccccc4)c23)cc1.CC1(C)OB(c2ccc(-c3nc4ccccc4c4ccc5c(nc(-c6ccccc6)n5-c5ccccc5)c34)cc2)OC1(C)C.O=C(Nc1ccccc1-c1ccc2c(c1)nc(-c1ccccc1)n2-c1ccccc1)c1ccc(Br)cc1. The first-order valence-corrected chi connectivity index (χ1v) is 40.6. The topological polar surface area (TPSA) is 127 Å². The Labute approximate surface area is 693 Å². The van der Waals surface area contributed by atoms with Crippen LogP contribution >= 0.6 is 31.9 Å². The van der Waals surface area contributed by atoms with Gasteiger partial charge in [0.25, 0.3) is 5.91 Å². The van der Waals surface area contributed by atoms with Gasteiger partial charge in [-0.15, -0.1) is 0 Å². The molecule has 117 heavy (non-hydrogen) atoms. The van der Waals surface area contributed by atoms with Crippen LogP contribution < -0.4 is 10.8 Å². The van der Waals surface area contributed by atoms with E-state index in [1.54, 1.807) is 12.1 Å². The normalized spacial score (nSPS) is 13.0. The van der Waals surface area contributed by atoms with Crippen molar-refractivity contribution in [3.8, 4) is 84.9 Å². The highest BCUT2D eigenvalue weighted by Crippen LogP contribution is 2.44. The van der Waals surface area contributed by atoms with E-state index in [4.69, 9.17) is 34.2 Å². The minimum Gasteiger partial charge on any atom is -0.399 e. The molecule has 12 nitrogen and oxygen atoms in total. The quantitative estimate of drug-likeness (QED) is 0.0947. The number of hydrogen-bond acceptors (Lipinski definition) is 8. The van der Waals surface area contributed by atoms with Gasteiger partial charge in [0, 0.05) is 92.2 Å². The van der Waals surface area contributed by atoms with Crippen LogP contribution in [0.2, 0.25) is 0 Å². The molecule has 15 heteroatoms. The molecule has 1 aliphatic heterocycles. The largest absolute Gasteiger partial charge is 0.494 e. The van der Waals surface area contributed by atoms with E-state index < -0.39 is 18.3 Å². The van der Waals surface area contributed by atoms with E-state index >= 15 is 0 Å². The molecule has 20 aromatic rings. The molecule has 1 saturated heterocycles. The van der Waals surface area contributed by atoms with Crippen molar-refractivity contribution < 1.29 is 14.1 Å².